The van der Waals surface area contributed by atoms with E-state index in [1.807, 2.05) is 48.5 Å². The fourth-order valence-electron chi connectivity index (χ4n) is 3.72. The smallest absolute Gasteiger partial charge is 0.277 e. The molecule has 158 valence electrons. The molecule has 8 heteroatoms. The van der Waals surface area contributed by atoms with Crippen LogP contribution in [0.5, 0.6) is 0 Å². The molecule has 2 aromatic carbocycles. The number of aromatic nitrogens is 4. The van der Waals surface area contributed by atoms with Gasteiger partial charge >= 0.3 is 0 Å². The highest BCUT2D eigenvalue weighted by Crippen LogP contribution is 2.28. The quantitative estimate of drug-likeness (QED) is 0.422. The van der Waals surface area contributed by atoms with Crippen molar-refractivity contribution in [3.05, 3.63) is 70.5 Å². The molecule has 0 spiro atoms. The van der Waals surface area contributed by atoms with Gasteiger partial charge in [0.15, 0.2) is 5.69 Å². The predicted molar refractivity (Wildman–Crippen MR) is 119 cm³/mol. The van der Waals surface area contributed by atoms with Crippen LogP contribution in [0.4, 0.5) is 0 Å². The molecule has 7 nitrogen and oxygen atoms in total. The molecule has 1 saturated heterocycles. The lowest BCUT2D eigenvalue weighted by atomic mass is 10.1. The Morgan fingerprint density at radius 2 is 1.81 bits per heavy atom. The van der Waals surface area contributed by atoms with Crippen LogP contribution in [0.1, 0.15) is 24.8 Å². The van der Waals surface area contributed by atoms with Crippen molar-refractivity contribution in [3.63, 3.8) is 0 Å². The van der Waals surface area contributed by atoms with Crippen molar-refractivity contribution in [2.24, 2.45) is 0 Å². The van der Waals surface area contributed by atoms with Crippen LogP contribution in [-0.2, 0) is 11.3 Å². The molecule has 0 N–H and O–H groups in total. The zero-order valence-electron chi connectivity index (χ0n) is 16.9. The average Bonchev–Trinajstić information content (AvgIpc) is 3.30. The monoisotopic (exact) mass is 434 g/mol. The van der Waals surface area contributed by atoms with Gasteiger partial charge in [0.2, 0.25) is 0 Å². The van der Waals surface area contributed by atoms with Crippen molar-refractivity contribution in [1.82, 2.24) is 20.0 Å². The van der Waals surface area contributed by atoms with Gasteiger partial charge in [-0.3, -0.25) is 4.79 Å². The van der Waals surface area contributed by atoms with Crippen LogP contribution < -0.4 is 5.56 Å². The van der Waals surface area contributed by atoms with E-state index in [4.69, 9.17) is 9.15 Å². The molecule has 0 bridgehead atoms. The fourth-order valence-corrected chi connectivity index (χ4v) is 4.55. The fraction of sp³-hybridized carbons (Fsp3) is 0.304. The van der Waals surface area contributed by atoms with Crippen molar-refractivity contribution in [1.29, 1.82) is 0 Å². The van der Waals surface area contributed by atoms with Crippen molar-refractivity contribution in [2.75, 3.05) is 12.4 Å². The Kier molecular flexibility index (Phi) is 5.82. The van der Waals surface area contributed by atoms with E-state index in [2.05, 4.69) is 15.3 Å². The first-order valence-corrected chi connectivity index (χ1v) is 11.4. The summed E-state index contributed by atoms with van der Waals surface area (Å²) in [5.74, 6) is 1.09. The van der Waals surface area contributed by atoms with Crippen LogP contribution >= 0.6 is 11.8 Å². The van der Waals surface area contributed by atoms with Gasteiger partial charge in [0.25, 0.3) is 16.7 Å². The lowest BCUT2D eigenvalue weighted by Crippen LogP contribution is -2.24. The summed E-state index contributed by atoms with van der Waals surface area (Å²) in [6, 6.07) is 17.2. The van der Waals surface area contributed by atoms with Gasteiger partial charge in [-0.1, -0.05) is 60.3 Å². The highest BCUT2D eigenvalue weighted by atomic mass is 32.2. The summed E-state index contributed by atoms with van der Waals surface area (Å²) in [6.07, 6.45) is 3.61. The predicted octanol–water partition coefficient (Wildman–Crippen LogP) is 4.16. The molecule has 1 aliphatic rings. The van der Waals surface area contributed by atoms with Gasteiger partial charge in [-0.2, -0.15) is 5.10 Å². The molecule has 0 aliphatic carbocycles. The van der Waals surface area contributed by atoms with E-state index >= 15 is 0 Å². The minimum Gasteiger partial charge on any atom is -0.410 e. The molecule has 0 unspecified atom stereocenters. The maximum atomic E-state index is 13.0. The molecule has 2 aromatic heterocycles. The van der Waals surface area contributed by atoms with E-state index in [1.165, 1.54) is 22.9 Å². The summed E-state index contributed by atoms with van der Waals surface area (Å²) >= 11 is 1.50. The van der Waals surface area contributed by atoms with Crippen LogP contribution in [0, 0.1) is 0 Å². The second-order valence-corrected chi connectivity index (χ2v) is 8.49. The molecule has 31 heavy (non-hydrogen) atoms. The number of hydrogen-bond acceptors (Lipinski definition) is 7. The lowest BCUT2D eigenvalue weighted by Gasteiger charge is -2.21. The normalized spacial score (nSPS) is 16.6. The minimum absolute atomic E-state index is 0.147. The molecule has 1 fully saturated rings. The largest absolute Gasteiger partial charge is 0.410 e. The number of rotatable bonds is 6. The first-order chi connectivity index (χ1) is 15.3. The van der Waals surface area contributed by atoms with Gasteiger partial charge in [-0.25, -0.2) is 4.68 Å². The second kappa shape index (κ2) is 9.03. The van der Waals surface area contributed by atoms with Gasteiger partial charge in [0.1, 0.15) is 0 Å². The molecule has 1 aliphatic heterocycles. The van der Waals surface area contributed by atoms with Crippen molar-refractivity contribution >= 4 is 22.5 Å². The van der Waals surface area contributed by atoms with E-state index in [-0.39, 0.29) is 11.7 Å². The zero-order valence-corrected chi connectivity index (χ0v) is 17.8. The number of fused-ring (bicyclic) bond motifs is 1. The first kappa shape index (κ1) is 20.0. The van der Waals surface area contributed by atoms with E-state index in [1.54, 1.807) is 6.07 Å². The molecule has 4 aromatic rings. The zero-order chi connectivity index (χ0) is 21.0. The SMILES string of the molecule is O=c1c2ccccc2c(-c2nnc(SC[C@H]3CCCCO3)o2)nn1Cc1ccccc1. The molecule has 1 atom stereocenters. The Labute approximate surface area is 183 Å². The van der Waals surface area contributed by atoms with Crippen molar-refractivity contribution < 1.29 is 9.15 Å². The summed E-state index contributed by atoms with van der Waals surface area (Å²) < 4.78 is 13.2. The summed E-state index contributed by atoms with van der Waals surface area (Å²) in [5.41, 5.74) is 1.36. The molecule has 3 heterocycles. The van der Waals surface area contributed by atoms with Crippen LogP contribution in [0.25, 0.3) is 22.4 Å². The van der Waals surface area contributed by atoms with E-state index in [0.29, 0.717) is 34.1 Å². The van der Waals surface area contributed by atoms with Gasteiger partial charge in [0.05, 0.1) is 18.0 Å². The standard InChI is InChI=1S/C23H22N4O3S/c28-22-19-12-5-4-11-18(19)20(26-27(22)14-16-8-2-1-3-9-16)21-24-25-23(30-21)31-15-17-10-6-7-13-29-17/h1-5,8-9,11-12,17H,6-7,10,13-15H2/t17-/m1/s1. The molecular weight excluding hydrogens is 412 g/mol. The highest BCUT2D eigenvalue weighted by molar-refractivity contribution is 7.99. The van der Waals surface area contributed by atoms with E-state index in [0.717, 1.165) is 30.8 Å². The Balaban J connectivity index is 1.47. The summed E-state index contributed by atoms with van der Waals surface area (Å²) in [4.78, 5) is 13.0. The Morgan fingerprint density at radius 1 is 1.00 bits per heavy atom. The maximum Gasteiger partial charge on any atom is 0.277 e. The summed E-state index contributed by atoms with van der Waals surface area (Å²) in [7, 11) is 0. The van der Waals surface area contributed by atoms with E-state index in [9.17, 15) is 4.79 Å². The second-order valence-electron chi connectivity index (χ2n) is 7.52. The van der Waals surface area contributed by atoms with Gasteiger partial charge in [-0.15, -0.1) is 10.2 Å². The topological polar surface area (TPSA) is 83.0 Å². The van der Waals surface area contributed by atoms with Gasteiger partial charge in [-0.05, 0) is 30.9 Å². The molecule has 0 saturated carbocycles. The van der Waals surface area contributed by atoms with Gasteiger partial charge in [0, 0.05) is 17.7 Å². The number of benzene rings is 2. The van der Waals surface area contributed by atoms with Crippen molar-refractivity contribution in [3.8, 4) is 11.6 Å². The molecule has 5 rings (SSSR count). The molecule has 0 amide bonds. The summed E-state index contributed by atoms with van der Waals surface area (Å²) in [5, 5.41) is 14.8. The Bertz CT molecular complexity index is 1230. The van der Waals surface area contributed by atoms with Gasteiger partial charge < -0.3 is 9.15 Å². The number of thioether (sulfide) groups is 1. The average molecular weight is 435 g/mol. The lowest BCUT2D eigenvalue weighted by molar-refractivity contribution is 0.0314. The summed E-state index contributed by atoms with van der Waals surface area (Å²) in [6.45, 7) is 1.19. The molecular formula is C23H22N4O3S. The molecule has 0 radical (unpaired) electrons. The number of nitrogens with zero attached hydrogens (tertiary/aromatic N) is 4. The van der Waals surface area contributed by atoms with Crippen LogP contribution in [0.3, 0.4) is 0 Å². The minimum atomic E-state index is -0.147. The first-order valence-electron chi connectivity index (χ1n) is 10.4. The van der Waals surface area contributed by atoms with Crippen LogP contribution in [0.2, 0.25) is 0 Å². The van der Waals surface area contributed by atoms with Crippen molar-refractivity contribution in [2.45, 2.75) is 37.1 Å². The Morgan fingerprint density at radius 3 is 2.61 bits per heavy atom. The van der Waals surface area contributed by atoms with Crippen LogP contribution in [0.15, 0.2) is 69.0 Å². The highest BCUT2D eigenvalue weighted by Gasteiger charge is 2.20. The van der Waals surface area contributed by atoms with Crippen LogP contribution in [-0.4, -0.2) is 38.4 Å². The maximum absolute atomic E-state index is 13.0. The number of hydrogen-bond donors (Lipinski definition) is 0. The third kappa shape index (κ3) is 4.40. The van der Waals surface area contributed by atoms with E-state index < -0.39 is 0 Å². The Hall–Kier alpha value is -2.97. The third-order valence-corrected chi connectivity index (χ3v) is 6.27. The third-order valence-electron chi connectivity index (χ3n) is 5.32. The number of ether oxygens (including phenoxy) is 1.